The Morgan fingerprint density at radius 3 is 2.29 bits per heavy atom. The Bertz CT molecular complexity index is 666. The van der Waals surface area contributed by atoms with Gasteiger partial charge in [-0.05, 0) is 18.7 Å². The lowest BCUT2D eigenvalue weighted by atomic mass is 10.2. The largest absolute Gasteiger partial charge is 0.336 e. The number of benzene rings is 1. The Hall–Kier alpha value is -2.47. The highest BCUT2D eigenvalue weighted by atomic mass is 16.2. The van der Waals surface area contributed by atoms with Gasteiger partial charge in [0.05, 0.1) is 5.56 Å². The molecular formula is C18H23N5O. The van der Waals surface area contributed by atoms with Crippen LogP contribution < -0.4 is 4.90 Å². The van der Waals surface area contributed by atoms with E-state index in [1.807, 2.05) is 47.2 Å². The fourth-order valence-corrected chi connectivity index (χ4v) is 2.82. The third-order valence-electron chi connectivity index (χ3n) is 4.44. The van der Waals surface area contributed by atoms with E-state index >= 15 is 0 Å². The molecule has 6 heteroatoms. The molecule has 1 fully saturated rings. The lowest BCUT2D eigenvalue weighted by molar-refractivity contribution is 0.0642. The molecule has 0 N–H and O–H groups in total. The summed E-state index contributed by atoms with van der Waals surface area (Å²) >= 11 is 0. The lowest BCUT2D eigenvalue weighted by Gasteiger charge is -2.34. The first kappa shape index (κ1) is 16.4. The molecule has 1 aliphatic rings. The molecule has 2 aromatic rings. The van der Waals surface area contributed by atoms with Crippen LogP contribution in [0.3, 0.4) is 0 Å². The van der Waals surface area contributed by atoms with Crippen molar-refractivity contribution in [2.75, 3.05) is 44.7 Å². The summed E-state index contributed by atoms with van der Waals surface area (Å²) < 4.78 is 0. The predicted molar refractivity (Wildman–Crippen MR) is 94.6 cm³/mol. The fourth-order valence-electron chi connectivity index (χ4n) is 2.82. The molecule has 0 unspecified atom stereocenters. The van der Waals surface area contributed by atoms with Gasteiger partial charge in [-0.3, -0.25) is 4.79 Å². The molecule has 1 amide bonds. The monoisotopic (exact) mass is 325 g/mol. The average molecular weight is 325 g/mol. The number of rotatable bonds is 4. The standard InChI is InChI=1S/C18H23N5O/c1-3-22-9-11-23(12-10-22)17(24)15-13-19-18(20-14-15)21(2)16-7-5-4-6-8-16/h4-8,13-14H,3,9-12H2,1-2H3. The van der Waals surface area contributed by atoms with E-state index in [1.165, 1.54) is 0 Å². The van der Waals surface area contributed by atoms with Gasteiger partial charge in [-0.2, -0.15) is 0 Å². The van der Waals surface area contributed by atoms with Crippen molar-refractivity contribution in [3.8, 4) is 0 Å². The molecule has 1 aromatic heterocycles. The van der Waals surface area contributed by atoms with E-state index in [9.17, 15) is 4.79 Å². The summed E-state index contributed by atoms with van der Waals surface area (Å²) in [7, 11) is 1.91. The van der Waals surface area contributed by atoms with Gasteiger partial charge in [0.25, 0.3) is 5.91 Å². The minimum atomic E-state index is 0.0136. The molecular weight excluding hydrogens is 302 g/mol. The summed E-state index contributed by atoms with van der Waals surface area (Å²) in [4.78, 5) is 27.4. The van der Waals surface area contributed by atoms with Gasteiger partial charge in [0.15, 0.2) is 0 Å². The van der Waals surface area contributed by atoms with Crippen LogP contribution in [0.1, 0.15) is 17.3 Å². The van der Waals surface area contributed by atoms with Gasteiger partial charge in [0.2, 0.25) is 5.95 Å². The maximum absolute atomic E-state index is 12.6. The van der Waals surface area contributed by atoms with Gasteiger partial charge in [-0.15, -0.1) is 0 Å². The summed E-state index contributed by atoms with van der Waals surface area (Å²) in [6, 6.07) is 9.91. The number of amides is 1. The number of hydrogen-bond donors (Lipinski definition) is 0. The number of piperazine rings is 1. The molecule has 0 saturated carbocycles. The number of likely N-dealkylation sites (N-methyl/N-ethyl adjacent to an activating group) is 1. The normalized spacial score (nSPS) is 15.3. The molecule has 126 valence electrons. The Labute approximate surface area is 142 Å². The van der Waals surface area contributed by atoms with Crippen LogP contribution in [0, 0.1) is 0 Å². The quantitative estimate of drug-likeness (QED) is 0.861. The van der Waals surface area contributed by atoms with Crippen LogP contribution in [-0.2, 0) is 0 Å². The van der Waals surface area contributed by atoms with Crippen molar-refractivity contribution in [2.45, 2.75) is 6.92 Å². The zero-order valence-electron chi connectivity index (χ0n) is 14.2. The van der Waals surface area contributed by atoms with Crippen LogP contribution in [0.4, 0.5) is 11.6 Å². The van der Waals surface area contributed by atoms with E-state index in [-0.39, 0.29) is 5.91 Å². The van der Waals surface area contributed by atoms with Gasteiger partial charge in [0.1, 0.15) is 0 Å². The first-order chi connectivity index (χ1) is 11.7. The first-order valence-electron chi connectivity index (χ1n) is 8.31. The van der Waals surface area contributed by atoms with Gasteiger partial charge < -0.3 is 14.7 Å². The Morgan fingerprint density at radius 1 is 1.08 bits per heavy atom. The highest BCUT2D eigenvalue weighted by molar-refractivity contribution is 5.93. The molecule has 0 aliphatic carbocycles. The molecule has 6 nitrogen and oxygen atoms in total. The van der Waals surface area contributed by atoms with E-state index in [4.69, 9.17) is 0 Å². The molecule has 0 radical (unpaired) electrons. The zero-order chi connectivity index (χ0) is 16.9. The predicted octanol–water partition coefficient (Wildman–Crippen LogP) is 2.02. The lowest BCUT2D eigenvalue weighted by Crippen LogP contribution is -2.48. The van der Waals surface area contributed by atoms with Crippen LogP contribution in [0.2, 0.25) is 0 Å². The summed E-state index contributed by atoms with van der Waals surface area (Å²) in [5.41, 5.74) is 1.55. The summed E-state index contributed by atoms with van der Waals surface area (Å²) in [6.45, 7) is 6.56. The van der Waals surface area contributed by atoms with Gasteiger partial charge in [0, 0.05) is 51.3 Å². The maximum atomic E-state index is 12.6. The van der Waals surface area contributed by atoms with E-state index in [1.54, 1.807) is 12.4 Å². The van der Waals surface area contributed by atoms with Crippen LogP contribution in [0.25, 0.3) is 0 Å². The maximum Gasteiger partial charge on any atom is 0.257 e. The van der Waals surface area contributed by atoms with Gasteiger partial charge in [-0.25, -0.2) is 9.97 Å². The van der Waals surface area contributed by atoms with Crippen molar-refractivity contribution < 1.29 is 4.79 Å². The molecule has 0 spiro atoms. The van der Waals surface area contributed by atoms with Crippen LogP contribution in [0.5, 0.6) is 0 Å². The molecule has 1 aromatic carbocycles. The number of nitrogens with zero attached hydrogens (tertiary/aromatic N) is 5. The van der Waals surface area contributed by atoms with Crippen molar-refractivity contribution in [1.82, 2.24) is 19.8 Å². The summed E-state index contributed by atoms with van der Waals surface area (Å²) in [6.07, 6.45) is 3.24. The number of carbonyl (C=O) groups excluding carboxylic acids is 1. The Kier molecular flexibility index (Phi) is 5.05. The van der Waals surface area contributed by atoms with Crippen LogP contribution in [-0.4, -0.2) is 65.4 Å². The SMILES string of the molecule is CCN1CCN(C(=O)c2cnc(N(C)c3ccccc3)nc2)CC1. The fraction of sp³-hybridized carbons (Fsp3) is 0.389. The molecule has 0 bridgehead atoms. The minimum Gasteiger partial charge on any atom is -0.336 e. The topological polar surface area (TPSA) is 52.6 Å². The highest BCUT2D eigenvalue weighted by Crippen LogP contribution is 2.19. The van der Waals surface area contributed by atoms with Gasteiger partial charge in [-0.1, -0.05) is 25.1 Å². The smallest absolute Gasteiger partial charge is 0.257 e. The van der Waals surface area contributed by atoms with Crippen molar-refractivity contribution >= 4 is 17.5 Å². The number of aromatic nitrogens is 2. The third kappa shape index (κ3) is 3.54. The van der Waals surface area contributed by atoms with Crippen LogP contribution >= 0.6 is 0 Å². The Balaban J connectivity index is 1.67. The molecule has 1 aliphatic heterocycles. The molecule has 0 atom stereocenters. The molecule has 1 saturated heterocycles. The second-order valence-electron chi connectivity index (χ2n) is 5.89. The highest BCUT2D eigenvalue weighted by Gasteiger charge is 2.22. The second-order valence-corrected chi connectivity index (χ2v) is 5.89. The summed E-state index contributed by atoms with van der Waals surface area (Å²) in [5, 5.41) is 0. The van der Waals surface area contributed by atoms with Crippen molar-refractivity contribution in [3.05, 3.63) is 48.3 Å². The number of hydrogen-bond acceptors (Lipinski definition) is 5. The zero-order valence-corrected chi connectivity index (χ0v) is 14.2. The van der Waals surface area contributed by atoms with Crippen molar-refractivity contribution in [1.29, 1.82) is 0 Å². The van der Waals surface area contributed by atoms with Gasteiger partial charge >= 0.3 is 0 Å². The molecule has 3 rings (SSSR count). The average Bonchev–Trinajstić information content (AvgIpc) is 2.68. The number of para-hydroxylation sites is 1. The second kappa shape index (κ2) is 7.40. The molecule has 24 heavy (non-hydrogen) atoms. The van der Waals surface area contributed by atoms with Crippen molar-refractivity contribution in [3.63, 3.8) is 0 Å². The van der Waals surface area contributed by atoms with E-state index in [0.717, 1.165) is 38.4 Å². The number of carbonyl (C=O) groups is 1. The van der Waals surface area contributed by atoms with E-state index in [2.05, 4.69) is 21.8 Å². The van der Waals surface area contributed by atoms with Crippen molar-refractivity contribution in [2.24, 2.45) is 0 Å². The van der Waals surface area contributed by atoms with E-state index < -0.39 is 0 Å². The first-order valence-corrected chi connectivity index (χ1v) is 8.31. The van der Waals surface area contributed by atoms with E-state index in [0.29, 0.717) is 11.5 Å². The molecule has 2 heterocycles. The minimum absolute atomic E-state index is 0.0136. The third-order valence-corrected chi connectivity index (χ3v) is 4.44. The number of anilines is 2. The Morgan fingerprint density at radius 2 is 1.71 bits per heavy atom. The van der Waals surface area contributed by atoms with Crippen LogP contribution in [0.15, 0.2) is 42.7 Å². The summed E-state index contributed by atoms with van der Waals surface area (Å²) in [5.74, 6) is 0.591.